The average Bonchev–Trinajstić information content (AvgIpc) is 3.12. The summed E-state index contributed by atoms with van der Waals surface area (Å²) < 4.78 is 32.0. The molecule has 2 aliphatic carbocycles. The Hall–Kier alpha value is -4.91. The Labute approximate surface area is 293 Å². The monoisotopic (exact) mass is 694 g/mol. The molecule has 1 N–H and O–H groups in total. The van der Waals surface area contributed by atoms with E-state index in [0.29, 0.717) is 31.4 Å². The van der Waals surface area contributed by atoms with Crippen molar-refractivity contribution in [3.8, 4) is 17.1 Å². The molecule has 2 aromatic heterocycles. The third-order valence-corrected chi connectivity index (χ3v) is 12.0. The molecule has 4 aliphatic rings. The lowest BCUT2D eigenvalue weighted by atomic mass is 9.42. The van der Waals surface area contributed by atoms with Crippen LogP contribution in [0, 0.1) is 32.8 Å². The fraction of sp³-hybridized carbons (Fsp3) is 0.410. The van der Waals surface area contributed by atoms with E-state index in [1.807, 2.05) is 37.3 Å². The van der Waals surface area contributed by atoms with E-state index in [9.17, 15) is 24.8 Å². The number of ether oxygens (including phenoxy) is 4. The molecule has 8 rings (SSSR count). The molecular weight excluding hydrogens is 656 g/mol. The highest BCUT2D eigenvalue weighted by Crippen LogP contribution is 2.68. The average molecular weight is 695 g/mol. The van der Waals surface area contributed by atoms with E-state index in [2.05, 4.69) is 18.8 Å². The number of fused-ring (bicyclic) bond motifs is 6. The maximum atomic E-state index is 13.8. The second-order valence-electron chi connectivity index (χ2n) is 14.8. The summed E-state index contributed by atoms with van der Waals surface area (Å²) in [6.45, 7) is 6.42. The van der Waals surface area contributed by atoms with Crippen molar-refractivity contribution in [1.82, 2.24) is 4.98 Å². The first-order valence-corrected chi connectivity index (χ1v) is 17.2. The molecule has 2 saturated carbocycles. The summed E-state index contributed by atoms with van der Waals surface area (Å²) in [6, 6.07) is 20.0. The maximum Gasteiger partial charge on any atom is 0.345 e. The van der Waals surface area contributed by atoms with Crippen LogP contribution >= 0.6 is 0 Å². The van der Waals surface area contributed by atoms with Gasteiger partial charge in [0, 0.05) is 53.1 Å². The molecule has 3 unspecified atom stereocenters. The second kappa shape index (κ2) is 12.1. The zero-order chi connectivity index (χ0) is 35.7. The van der Waals surface area contributed by atoms with E-state index < -0.39 is 57.4 Å². The van der Waals surface area contributed by atoms with E-state index in [1.165, 1.54) is 24.3 Å². The van der Waals surface area contributed by atoms with Gasteiger partial charge in [0.2, 0.25) is 0 Å². The molecule has 2 aromatic carbocycles. The maximum absolute atomic E-state index is 13.8. The molecule has 3 fully saturated rings. The number of pyridine rings is 1. The van der Waals surface area contributed by atoms with Gasteiger partial charge in [0.1, 0.15) is 28.8 Å². The Balaban J connectivity index is 1.20. The van der Waals surface area contributed by atoms with E-state index >= 15 is 0 Å². The lowest BCUT2D eigenvalue weighted by Gasteiger charge is -2.67. The Bertz CT molecular complexity index is 2040. The lowest BCUT2D eigenvalue weighted by molar-refractivity contribution is -0.384. The van der Waals surface area contributed by atoms with E-state index in [0.717, 1.165) is 5.56 Å². The van der Waals surface area contributed by atoms with E-state index in [-0.39, 0.29) is 40.3 Å². The second-order valence-corrected chi connectivity index (χ2v) is 14.8. The van der Waals surface area contributed by atoms with Crippen LogP contribution in [0.1, 0.15) is 73.9 Å². The molecule has 264 valence electrons. The van der Waals surface area contributed by atoms with Crippen molar-refractivity contribution in [1.29, 1.82) is 0 Å². The van der Waals surface area contributed by atoms with Gasteiger partial charge in [-0.25, -0.2) is 9.59 Å². The molecule has 12 nitrogen and oxygen atoms in total. The smallest absolute Gasteiger partial charge is 0.345 e. The van der Waals surface area contributed by atoms with Gasteiger partial charge in [0.25, 0.3) is 5.69 Å². The third kappa shape index (κ3) is 5.27. The minimum Gasteiger partial charge on any atom is -0.482 e. The number of hydrogen-bond donors (Lipinski definition) is 1. The van der Waals surface area contributed by atoms with Crippen LogP contribution in [0.25, 0.3) is 11.3 Å². The van der Waals surface area contributed by atoms with Crippen LogP contribution in [0.5, 0.6) is 5.75 Å². The van der Waals surface area contributed by atoms with Gasteiger partial charge < -0.3 is 28.5 Å². The first kappa shape index (κ1) is 33.2. The Morgan fingerprint density at radius 2 is 1.80 bits per heavy atom. The Morgan fingerprint density at radius 3 is 2.51 bits per heavy atom. The molecule has 4 heterocycles. The highest BCUT2D eigenvalue weighted by Gasteiger charge is 2.71. The zero-order valence-electron chi connectivity index (χ0n) is 28.4. The first-order valence-electron chi connectivity index (χ1n) is 17.2. The highest BCUT2D eigenvalue weighted by atomic mass is 16.7. The van der Waals surface area contributed by atoms with E-state index in [1.54, 1.807) is 30.6 Å². The number of esters is 1. The number of aliphatic hydroxyl groups is 1. The number of nitro groups is 1. The Morgan fingerprint density at radius 1 is 1.04 bits per heavy atom. The third-order valence-electron chi connectivity index (χ3n) is 12.0. The van der Waals surface area contributed by atoms with Gasteiger partial charge in [-0.2, -0.15) is 0 Å². The number of aromatic nitrogens is 1. The molecule has 2 aliphatic heterocycles. The number of rotatable bonds is 5. The van der Waals surface area contributed by atoms with Crippen LogP contribution in [0.2, 0.25) is 0 Å². The van der Waals surface area contributed by atoms with Gasteiger partial charge in [-0.05, 0) is 61.8 Å². The largest absolute Gasteiger partial charge is 0.482 e. The normalized spacial score (nSPS) is 33.7. The van der Waals surface area contributed by atoms with Crippen LogP contribution in [-0.4, -0.2) is 45.4 Å². The molecule has 1 saturated heterocycles. The predicted octanol–water partition coefficient (Wildman–Crippen LogP) is 6.58. The number of non-ortho nitro benzene ring substituents is 1. The predicted molar refractivity (Wildman–Crippen MR) is 182 cm³/mol. The number of carbonyl (C=O) groups excluding carboxylic acids is 1. The first-order chi connectivity index (χ1) is 24.4. The van der Waals surface area contributed by atoms with Gasteiger partial charge in [-0.15, -0.1) is 0 Å². The molecule has 4 aromatic rings. The minimum absolute atomic E-state index is 0.0139. The summed E-state index contributed by atoms with van der Waals surface area (Å²) in [5.41, 5.74) is -1.76. The lowest BCUT2D eigenvalue weighted by Crippen LogP contribution is -2.71. The number of nitro benzene ring substituents is 1. The number of nitrogens with zero attached hydrogens (tertiary/aromatic N) is 2. The zero-order valence-corrected chi connectivity index (χ0v) is 28.4. The standard InChI is InChI=1S/C39H38N2O10/c1-37-16-15-29-38(2,21-47-36(50-29)23-8-5-4-6-9-23)28(37)19-30(49-34(43)22-11-13-25(14-12-22)41(45)46)39(3)33(37)32(42)31-27(51-39)18-26(48-35(31)44)24-10-7-17-40-20-24/h4-14,17-18,20,28-30,32-33,36,42H,15-16,19,21H2,1-3H3/t28?,29-,30-,32-,33?,36?,37-,38-,39+/m0/s1. The van der Waals surface area contributed by atoms with Crippen molar-refractivity contribution in [2.45, 2.75) is 70.2 Å². The van der Waals surface area contributed by atoms with Gasteiger partial charge in [0.15, 0.2) is 6.29 Å². The van der Waals surface area contributed by atoms with Crippen LogP contribution < -0.4 is 10.4 Å². The summed E-state index contributed by atoms with van der Waals surface area (Å²) in [5, 5.41) is 23.6. The quantitative estimate of drug-likeness (QED) is 0.137. The van der Waals surface area contributed by atoms with Gasteiger partial charge in [-0.3, -0.25) is 15.1 Å². The summed E-state index contributed by atoms with van der Waals surface area (Å²) >= 11 is 0. The molecule has 0 amide bonds. The van der Waals surface area contributed by atoms with Crippen molar-refractivity contribution in [3.63, 3.8) is 0 Å². The summed E-state index contributed by atoms with van der Waals surface area (Å²) in [5.74, 6) is -1.26. The molecule has 9 atom stereocenters. The van der Waals surface area contributed by atoms with E-state index in [4.69, 9.17) is 23.4 Å². The number of hydrogen-bond acceptors (Lipinski definition) is 11. The molecule has 0 spiro atoms. The van der Waals surface area contributed by atoms with Gasteiger partial charge >= 0.3 is 11.6 Å². The van der Waals surface area contributed by atoms with Crippen molar-refractivity contribution < 1.29 is 38.2 Å². The SMILES string of the molecule is C[C@]12CC[C@@H]3OC(c4ccccc4)OC[C@@]3(C)C1C[C@H](OC(=O)c1ccc([N+](=O)[O-])cc1)[C@@]1(C)Oc3cc(-c4cccnc4)oc(=O)c3[C@H](O)C21. The molecule has 0 bridgehead atoms. The van der Waals surface area contributed by atoms with Crippen molar-refractivity contribution in [2.24, 2.45) is 22.7 Å². The number of benzene rings is 2. The van der Waals surface area contributed by atoms with Crippen molar-refractivity contribution in [3.05, 3.63) is 122 Å². The van der Waals surface area contributed by atoms with Crippen LogP contribution in [0.4, 0.5) is 5.69 Å². The highest BCUT2D eigenvalue weighted by molar-refractivity contribution is 5.89. The Kier molecular flexibility index (Phi) is 7.89. The van der Waals surface area contributed by atoms with Crippen LogP contribution in [0.15, 0.2) is 94.4 Å². The molecule has 12 heteroatoms. The number of carbonyl (C=O) groups is 1. The van der Waals surface area contributed by atoms with Gasteiger partial charge in [-0.1, -0.05) is 44.2 Å². The van der Waals surface area contributed by atoms with Gasteiger partial charge in [0.05, 0.1) is 29.3 Å². The van der Waals surface area contributed by atoms with Crippen LogP contribution in [-0.2, 0) is 14.2 Å². The molecule has 0 radical (unpaired) electrons. The van der Waals surface area contributed by atoms with Crippen molar-refractivity contribution >= 4 is 11.7 Å². The fourth-order valence-electron chi connectivity index (χ4n) is 9.56. The summed E-state index contributed by atoms with van der Waals surface area (Å²) in [6.07, 6.45) is 1.84. The number of aliphatic hydroxyl groups excluding tert-OH is 1. The van der Waals surface area contributed by atoms with Crippen LogP contribution in [0.3, 0.4) is 0 Å². The summed E-state index contributed by atoms with van der Waals surface area (Å²) in [7, 11) is 0. The topological polar surface area (TPSA) is 160 Å². The minimum atomic E-state index is -1.33. The fourth-order valence-corrected chi connectivity index (χ4v) is 9.56. The van der Waals surface area contributed by atoms with Crippen molar-refractivity contribution in [2.75, 3.05) is 6.61 Å². The molecule has 51 heavy (non-hydrogen) atoms. The molecular formula is C39H38N2O10. The summed E-state index contributed by atoms with van der Waals surface area (Å²) in [4.78, 5) is 42.4.